The van der Waals surface area contributed by atoms with Crippen molar-refractivity contribution in [1.82, 2.24) is 9.78 Å². The van der Waals surface area contributed by atoms with Gasteiger partial charge >= 0.3 is 0 Å². The fourth-order valence-corrected chi connectivity index (χ4v) is 7.54. The van der Waals surface area contributed by atoms with Crippen molar-refractivity contribution in [3.63, 3.8) is 0 Å². The lowest BCUT2D eigenvalue weighted by atomic mass is 9.91. The SMILES string of the molecule is CCCCCCCCOc1ccc(OCCCCCCCC)c(-n2nc(C(C)(C)C)c(N=Nc3cc(OCCCC)c(Sc4ccc(C)cc4)cc3OCCCC)c2N)c1. The highest BCUT2D eigenvalue weighted by Gasteiger charge is 2.28. The first-order valence-electron chi connectivity index (χ1n) is 23.0. The molecular weight excluding hydrogens is 767 g/mol. The molecule has 0 saturated heterocycles. The molecule has 9 nitrogen and oxygen atoms in total. The van der Waals surface area contributed by atoms with Gasteiger partial charge in [0, 0.05) is 28.5 Å². The Morgan fingerprint density at radius 1 is 0.600 bits per heavy atom. The highest BCUT2D eigenvalue weighted by molar-refractivity contribution is 7.99. The van der Waals surface area contributed by atoms with E-state index in [0.29, 0.717) is 55.1 Å². The molecule has 2 N–H and O–H groups in total. The van der Waals surface area contributed by atoms with Crippen molar-refractivity contribution < 1.29 is 18.9 Å². The molecule has 0 aliphatic rings. The number of nitrogens with zero attached hydrogens (tertiary/aromatic N) is 4. The van der Waals surface area contributed by atoms with Crippen molar-refractivity contribution in [3.8, 4) is 28.7 Å². The molecule has 3 aromatic carbocycles. The van der Waals surface area contributed by atoms with Gasteiger partial charge < -0.3 is 24.7 Å². The lowest BCUT2D eigenvalue weighted by molar-refractivity contribution is 0.295. The number of benzene rings is 3. The summed E-state index contributed by atoms with van der Waals surface area (Å²) >= 11 is 1.66. The summed E-state index contributed by atoms with van der Waals surface area (Å²) in [6.45, 7) is 19.7. The van der Waals surface area contributed by atoms with Gasteiger partial charge in [0.2, 0.25) is 0 Å². The van der Waals surface area contributed by atoms with Crippen LogP contribution < -0.4 is 24.7 Å². The van der Waals surface area contributed by atoms with E-state index in [9.17, 15) is 0 Å². The summed E-state index contributed by atoms with van der Waals surface area (Å²) in [6.07, 6.45) is 18.2. The van der Waals surface area contributed by atoms with Crippen molar-refractivity contribution in [2.45, 2.75) is 173 Å². The summed E-state index contributed by atoms with van der Waals surface area (Å²) in [6, 6.07) is 18.5. The van der Waals surface area contributed by atoms with E-state index in [0.717, 1.165) is 84.0 Å². The van der Waals surface area contributed by atoms with Crippen LogP contribution in [0.2, 0.25) is 0 Å². The van der Waals surface area contributed by atoms with Crippen LogP contribution >= 0.6 is 11.8 Å². The van der Waals surface area contributed by atoms with Gasteiger partial charge in [-0.3, -0.25) is 0 Å². The van der Waals surface area contributed by atoms with E-state index >= 15 is 0 Å². The zero-order chi connectivity index (χ0) is 43.2. The summed E-state index contributed by atoms with van der Waals surface area (Å²) in [7, 11) is 0. The second-order valence-electron chi connectivity index (χ2n) is 16.9. The molecule has 0 unspecified atom stereocenters. The van der Waals surface area contributed by atoms with Crippen molar-refractivity contribution in [3.05, 3.63) is 65.9 Å². The average Bonchev–Trinajstić information content (AvgIpc) is 3.57. The normalized spacial score (nSPS) is 11.7. The number of aryl methyl sites for hydroxylation is 1. The molecule has 330 valence electrons. The molecule has 0 aliphatic heterocycles. The lowest BCUT2D eigenvalue weighted by Gasteiger charge is -2.17. The largest absolute Gasteiger partial charge is 0.494 e. The van der Waals surface area contributed by atoms with E-state index in [-0.39, 0.29) is 0 Å². The smallest absolute Gasteiger partial charge is 0.155 e. The third-order valence-electron chi connectivity index (χ3n) is 10.3. The van der Waals surface area contributed by atoms with Gasteiger partial charge in [-0.05, 0) is 56.9 Å². The number of unbranched alkanes of at least 4 members (excludes halogenated alkanes) is 12. The molecule has 0 aliphatic carbocycles. The van der Waals surface area contributed by atoms with Gasteiger partial charge in [-0.1, -0.05) is 155 Å². The molecule has 4 aromatic rings. The quantitative estimate of drug-likeness (QED) is 0.0429. The van der Waals surface area contributed by atoms with Crippen LogP contribution in [0.4, 0.5) is 17.2 Å². The molecular formula is C50H75N5O4S. The molecule has 0 saturated carbocycles. The monoisotopic (exact) mass is 842 g/mol. The van der Waals surface area contributed by atoms with Crippen molar-refractivity contribution in [2.75, 3.05) is 32.2 Å². The number of nitrogen functional groups attached to an aromatic ring is 1. The number of hydrogen-bond donors (Lipinski definition) is 1. The minimum Gasteiger partial charge on any atom is -0.494 e. The molecule has 1 aromatic heterocycles. The topological polar surface area (TPSA) is 105 Å². The Hall–Kier alpha value is -4.18. The van der Waals surface area contributed by atoms with Gasteiger partial charge in [0.1, 0.15) is 34.4 Å². The van der Waals surface area contributed by atoms with Crippen LogP contribution in [0, 0.1) is 6.92 Å². The van der Waals surface area contributed by atoms with Crippen LogP contribution in [0.15, 0.2) is 74.6 Å². The number of rotatable bonds is 29. The fourth-order valence-electron chi connectivity index (χ4n) is 6.63. The van der Waals surface area contributed by atoms with Crippen molar-refractivity contribution >= 4 is 29.0 Å². The summed E-state index contributed by atoms with van der Waals surface area (Å²) < 4.78 is 27.3. The predicted molar refractivity (Wildman–Crippen MR) is 251 cm³/mol. The zero-order valence-electron chi connectivity index (χ0n) is 38.2. The summed E-state index contributed by atoms with van der Waals surface area (Å²) in [4.78, 5) is 2.09. The molecule has 0 radical (unpaired) electrons. The van der Waals surface area contributed by atoms with Gasteiger partial charge in [-0.15, -0.1) is 10.2 Å². The number of aromatic nitrogens is 2. The second kappa shape index (κ2) is 26.2. The van der Waals surface area contributed by atoms with Crippen LogP contribution in [-0.4, -0.2) is 36.2 Å². The number of ether oxygens (including phenoxy) is 4. The first-order valence-corrected chi connectivity index (χ1v) is 23.8. The van der Waals surface area contributed by atoms with Gasteiger partial charge in [0.15, 0.2) is 11.5 Å². The van der Waals surface area contributed by atoms with Crippen molar-refractivity contribution in [2.24, 2.45) is 10.2 Å². The van der Waals surface area contributed by atoms with Crippen LogP contribution in [0.25, 0.3) is 5.69 Å². The van der Waals surface area contributed by atoms with Gasteiger partial charge in [0.25, 0.3) is 0 Å². The molecule has 1 heterocycles. The maximum Gasteiger partial charge on any atom is 0.155 e. The molecule has 0 bridgehead atoms. The first kappa shape index (κ1) is 48.5. The average molecular weight is 842 g/mol. The number of azo groups is 1. The summed E-state index contributed by atoms with van der Waals surface area (Å²) in [5.74, 6) is 3.23. The fraction of sp³-hybridized carbons (Fsp3) is 0.580. The predicted octanol–water partition coefficient (Wildman–Crippen LogP) is 15.5. The Balaban J connectivity index is 1.74. The van der Waals surface area contributed by atoms with E-state index in [1.54, 1.807) is 16.4 Å². The van der Waals surface area contributed by atoms with Crippen LogP contribution in [0.3, 0.4) is 0 Å². The van der Waals surface area contributed by atoms with Crippen LogP contribution in [-0.2, 0) is 5.41 Å². The Kier molecular flexibility index (Phi) is 21.2. The Bertz CT molecular complexity index is 1870. The van der Waals surface area contributed by atoms with Gasteiger partial charge in [-0.25, -0.2) is 4.68 Å². The third kappa shape index (κ3) is 15.7. The van der Waals surface area contributed by atoms with E-state index in [2.05, 4.69) is 79.7 Å². The highest BCUT2D eigenvalue weighted by Crippen LogP contribution is 2.45. The molecule has 0 fully saturated rings. The van der Waals surface area contributed by atoms with Crippen LogP contribution in [0.1, 0.15) is 162 Å². The number of anilines is 1. The zero-order valence-corrected chi connectivity index (χ0v) is 39.1. The molecule has 10 heteroatoms. The van der Waals surface area contributed by atoms with Gasteiger partial charge in [-0.2, -0.15) is 5.10 Å². The highest BCUT2D eigenvalue weighted by atomic mass is 32.2. The first-order chi connectivity index (χ1) is 29.1. The van der Waals surface area contributed by atoms with E-state index < -0.39 is 5.41 Å². The van der Waals surface area contributed by atoms with Crippen molar-refractivity contribution in [1.29, 1.82) is 0 Å². The standard InChI is InChI=1S/C50H75N5O4S/c1-9-13-17-19-21-23-33-56-39-27-30-43(57-34-24-22-20-18-14-10-2)42(35-39)55-49(51)47(48(54-55)50(6,7)8)53-52-41-36-45(59-32-16-12-4)46(37-44(41)58-31-15-11-3)60-40-28-25-38(5)26-29-40/h25-30,35-37H,9-24,31-34,51H2,1-8H3. The summed E-state index contributed by atoms with van der Waals surface area (Å²) in [5.41, 5.74) is 10.4. The molecule has 0 spiro atoms. The van der Waals surface area contributed by atoms with Gasteiger partial charge in [0.05, 0.1) is 37.0 Å². The Labute approximate surface area is 366 Å². The maximum atomic E-state index is 7.08. The minimum absolute atomic E-state index is 0.376. The Morgan fingerprint density at radius 3 is 1.77 bits per heavy atom. The number of nitrogens with two attached hydrogens (primary N) is 1. The second-order valence-corrected chi connectivity index (χ2v) is 18.0. The number of hydrogen-bond acceptors (Lipinski definition) is 9. The molecule has 4 rings (SSSR count). The minimum atomic E-state index is -0.400. The maximum absolute atomic E-state index is 7.08. The molecule has 0 amide bonds. The lowest BCUT2D eigenvalue weighted by Crippen LogP contribution is -2.13. The third-order valence-corrected chi connectivity index (χ3v) is 11.4. The van der Waals surface area contributed by atoms with Crippen LogP contribution in [0.5, 0.6) is 23.0 Å². The van der Waals surface area contributed by atoms with E-state index in [4.69, 9.17) is 40.0 Å². The Morgan fingerprint density at radius 2 is 1.15 bits per heavy atom. The molecule has 60 heavy (non-hydrogen) atoms. The summed E-state index contributed by atoms with van der Waals surface area (Å²) in [5, 5.41) is 14.9. The van der Waals surface area contributed by atoms with E-state index in [1.165, 1.54) is 56.9 Å². The molecule has 0 atom stereocenters. The van der Waals surface area contributed by atoms with E-state index in [1.807, 2.05) is 30.3 Å².